The Morgan fingerprint density at radius 3 is 2.84 bits per heavy atom. The molecule has 132 valence electrons. The molecule has 1 aliphatic rings. The van der Waals surface area contributed by atoms with Gasteiger partial charge in [0.05, 0.1) is 10.7 Å². The van der Waals surface area contributed by atoms with E-state index in [1.807, 2.05) is 22.7 Å². The number of thioether (sulfide) groups is 1. The average molecular weight is 361 g/mol. The second-order valence-corrected chi connectivity index (χ2v) is 6.79. The molecule has 1 aromatic heterocycles. The maximum atomic E-state index is 12.7. The summed E-state index contributed by atoms with van der Waals surface area (Å²) in [7, 11) is 1.92. The highest BCUT2D eigenvalue weighted by Gasteiger charge is 2.30. The van der Waals surface area contributed by atoms with Gasteiger partial charge in [-0.15, -0.1) is 11.8 Å². The summed E-state index contributed by atoms with van der Waals surface area (Å²) < 4.78 is 1.93. The van der Waals surface area contributed by atoms with Gasteiger partial charge in [0.1, 0.15) is 11.9 Å². The number of carbonyl (C=O) groups is 1. The van der Waals surface area contributed by atoms with E-state index >= 15 is 0 Å². The molecule has 1 aliphatic heterocycles. The number of non-ortho nitro benzene ring substituents is 1. The monoisotopic (exact) mass is 361 g/mol. The number of nitro benzene ring substituents is 1. The summed E-state index contributed by atoms with van der Waals surface area (Å²) in [6.45, 7) is 2.07. The van der Waals surface area contributed by atoms with Gasteiger partial charge >= 0.3 is 0 Å². The predicted octanol–water partition coefficient (Wildman–Crippen LogP) is 1.59. The molecule has 1 fully saturated rings. The van der Waals surface area contributed by atoms with Gasteiger partial charge in [0.25, 0.3) is 5.69 Å². The molecule has 1 unspecified atom stereocenters. The van der Waals surface area contributed by atoms with Crippen molar-refractivity contribution in [2.75, 3.05) is 25.4 Å². The van der Waals surface area contributed by atoms with Gasteiger partial charge in [0.15, 0.2) is 0 Å². The van der Waals surface area contributed by atoms with Crippen LogP contribution in [0.5, 0.6) is 0 Å². The van der Waals surface area contributed by atoms with Gasteiger partial charge < -0.3 is 14.8 Å². The highest BCUT2D eigenvalue weighted by atomic mass is 32.2. The zero-order valence-corrected chi connectivity index (χ0v) is 14.6. The molecule has 1 N–H and O–H groups in total. The Balaban J connectivity index is 1.64. The average Bonchev–Trinajstić information content (AvgIpc) is 3.06. The number of nitrogens with one attached hydrogen (secondary N) is 1. The van der Waals surface area contributed by atoms with E-state index in [-0.39, 0.29) is 17.6 Å². The number of piperazine rings is 1. The Labute approximate surface area is 149 Å². The fourth-order valence-electron chi connectivity index (χ4n) is 2.82. The van der Waals surface area contributed by atoms with Crippen molar-refractivity contribution < 1.29 is 9.72 Å². The Hall–Kier alpha value is -2.39. The van der Waals surface area contributed by atoms with Crippen LogP contribution in [0.15, 0.2) is 41.6 Å². The Kier molecular flexibility index (Phi) is 5.34. The van der Waals surface area contributed by atoms with Crippen molar-refractivity contribution in [3.8, 4) is 0 Å². The number of nitrogens with zero attached hydrogens (tertiary/aromatic N) is 4. The quantitative estimate of drug-likeness (QED) is 0.494. The lowest BCUT2D eigenvalue weighted by molar-refractivity contribution is -0.384. The molecule has 1 amide bonds. The van der Waals surface area contributed by atoms with E-state index in [1.165, 1.54) is 23.9 Å². The van der Waals surface area contributed by atoms with Crippen LogP contribution in [-0.2, 0) is 11.8 Å². The summed E-state index contributed by atoms with van der Waals surface area (Å²) in [5.74, 6) is 1.19. The first-order valence-electron chi connectivity index (χ1n) is 7.91. The minimum atomic E-state index is -0.433. The van der Waals surface area contributed by atoms with Crippen LogP contribution in [0.3, 0.4) is 0 Å². The zero-order valence-electron chi connectivity index (χ0n) is 13.8. The summed E-state index contributed by atoms with van der Waals surface area (Å²) in [6.07, 6.45) is 3.61. The number of amides is 1. The van der Waals surface area contributed by atoms with Crippen LogP contribution in [0.1, 0.15) is 11.9 Å². The lowest BCUT2D eigenvalue weighted by Gasteiger charge is -2.35. The Morgan fingerprint density at radius 1 is 1.44 bits per heavy atom. The number of imidazole rings is 1. The number of nitro groups is 1. The molecule has 0 radical (unpaired) electrons. The SMILES string of the molecule is Cn1ccnc1C1CNCCN1C(=O)CSc1ccc([N+](=O)[O-])cc1. The van der Waals surface area contributed by atoms with E-state index in [1.54, 1.807) is 18.3 Å². The fourth-order valence-corrected chi connectivity index (χ4v) is 3.61. The van der Waals surface area contributed by atoms with Crippen molar-refractivity contribution in [1.29, 1.82) is 0 Å². The predicted molar refractivity (Wildman–Crippen MR) is 94.4 cm³/mol. The molecule has 25 heavy (non-hydrogen) atoms. The van der Waals surface area contributed by atoms with Gasteiger partial charge in [-0.1, -0.05) is 0 Å². The molecular formula is C16H19N5O3S. The van der Waals surface area contributed by atoms with Crippen molar-refractivity contribution in [3.05, 3.63) is 52.6 Å². The molecule has 0 aliphatic carbocycles. The van der Waals surface area contributed by atoms with E-state index in [2.05, 4.69) is 10.3 Å². The molecule has 0 saturated carbocycles. The van der Waals surface area contributed by atoms with Gasteiger partial charge in [-0.05, 0) is 12.1 Å². The first kappa shape index (κ1) is 17.4. The van der Waals surface area contributed by atoms with Crippen LogP contribution in [0.25, 0.3) is 0 Å². The smallest absolute Gasteiger partial charge is 0.269 e. The van der Waals surface area contributed by atoms with Crippen molar-refractivity contribution >= 4 is 23.4 Å². The topological polar surface area (TPSA) is 93.3 Å². The van der Waals surface area contributed by atoms with Gasteiger partial charge in [-0.25, -0.2) is 4.98 Å². The van der Waals surface area contributed by atoms with Crippen LogP contribution >= 0.6 is 11.8 Å². The van der Waals surface area contributed by atoms with Crippen molar-refractivity contribution in [2.45, 2.75) is 10.9 Å². The third kappa shape index (κ3) is 3.99. The maximum Gasteiger partial charge on any atom is 0.269 e. The van der Waals surface area contributed by atoms with E-state index in [9.17, 15) is 14.9 Å². The molecule has 0 spiro atoms. The first-order valence-corrected chi connectivity index (χ1v) is 8.89. The molecule has 1 atom stereocenters. The van der Waals surface area contributed by atoms with Crippen LogP contribution in [0.2, 0.25) is 0 Å². The third-order valence-electron chi connectivity index (χ3n) is 4.13. The van der Waals surface area contributed by atoms with E-state index in [0.717, 1.165) is 17.3 Å². The van der Waals surface area contributed by atoms with Gasteiger partial charge in [0.2, 0.25) is 5.91 Å². The van der Waals surface area contributed by atoms with Crippen molar-refractivity contribution in [2.24, 2.45) is 7.05 Å². The molecule has 1 saturated heterocycles. The number of hydrogen-bond donors (Lipinski definition) is 1. The highest BCUT2D eigenvalue weighted by molar-refractivity contribution is 8.00. The number of rotatable bonds is 5. The van der Waals surface area contributed by atoms with Gasteiger partial charge in [-0.2, -0.15) is 0 Å². The van der Waals surface area contributed by atoms with Crippen LogP contribution in [0.4, 0.5) is 5.69 Å². The lowest BCUT2D eigenvalue weighted by Crippen LogP contribution is -2.50. The molecule has 2 heterocycles. The molecule has 3 rings (SSSR count). The minimum Gasteiger partial charge on any atom is -0.336 e. The number of hydrogen-bond acceptors (Lipinski definition) is 6. The summed E-state index contributed by atoms with van der Waals surface area (Å²) >= 11 is 1.38. The summed E-state index contributed by atoms with van der Waals surface area (Å²) in [6, 6.07) is 6.16. The van der Waals surface area contributed by atoms with Gasteiger partial charge in [0, 0.05) is 56.1 Å². The van der Waals surface area contributed by atoms with Crippen LogP contribution in [-0.4, -0.2) is 50.7 Å². The lowest BCUT2D eigenvalue weighted by atomic mass is 10.1. The highest BCUT2D eigenvalue weighted by Crippen LogP contribution is 2.25. The number of aromatic nitrogens is 2. The molecule has 9 heteroatoms. The number of carbonyl (C=O) groups excluding carboxylic acids is 1. The molecular weight excluding hydrogens is 342 g/mol. The molecule has 0 bridgehead atoms. The second kappa shape index (κ2) is 7.66. The second-order valence-electron chi connectivity index (χ2n) is 5.74. The van der Waals surface area contributed by atoms with Crippen LogP contribution in [0, 0.1) is 10.1 Å². The summed E-state index contributed by atoms with van der Waals surface area (Å²) in [5.41, 5.74) is 0.0487. The van der Waals surface area contributed by atoms with E-state index in [0.29, 0.717) is 18.8 Å². The fraction of sp³-hybridized carbons (Fsp3) is 0.375. The molecule has 1 aromatic carbocycles. The third-order valence-corrected chi connectivity index (χ3v) is 5.13. The van der Waals surface area contributed by atoms with Crippen molar-refractivity contribution in [1.82, 2.24) is 19.8 Å². The van der Waals surface area contributed by atoms with Gasteiger partial charge in [-0.3, -0.25) is 14.9 Å². The number of benzene rings is 1. The van der Waals surface area contributed by atoms with Crippen molar-refractivity contribution in [3.63, 3.8) is 0 Å². The van der Waals surface area contributed by atoms with E-state index < -0.39 is 4.92 Å². The largest absolute Gasteiger partial charge is 0.336 e. The molecule has 2 aromatic rings. The normalized spacial score (nSPS) is 17.5. The first-order chi connectivity index (χ1) is 12.1. The Morgan fingerprint density at radius 2 is 2.20 bits per heavy atom. The summed E-state index contributed by atoms with van der Waals surface area (Å²) in [4.78, 5) is 30.0. The standard InChI is InChI=1S/C16H19N5O3S/c1-19-8-7-18-16(19)14-10-17-6-9-20(14)15(22)11-25-13-4-2-12(3-5-13)21(23)24/h2-5,7-8,14,17H,6,9-11H2,1H3. The zero-order chi connectivity index (χ0) is 17.8. The maximum absolute atomic E-state index is 12.7. The van der Waals surface area contributed by atoms with Crippen LogP contribution < -0.4 is 5.32 Å². The summed E-state index contributed by atoms with van der Waals surface area (Å²) in [5, 5.41) is 14.0. The number of aryl methyl sites for hydroxylation is 1. The Bertz CT molecular complexity index is 761. The van der Waals surface area contributed by atoms with E-state index in [4.69, 9.17) is 0 Å². The minimum absolute atomic E-state index is 0.0397. The molecule has 8 nitrogen and oxygen atoms in total.